The van der Waals surface area contributed by atoms with Gasteiger partial charge < -0.3 is 5.32 Å². The molecular weight excluding hydrogens is 370 g/mol. The van der Waals surface area contributed by atoms with Crippen molar-refractivity contribution in [2.24, 2.45) is 0 Å². The third-order valence-electron chi connectivity index (χ3n) is 3.71. The fourth-order valence-electron chi connectivity index (χ4n) is 2.66. The summed E-state index contributed by atoms with van der Waals surface area (Å²) in [7, 11) is 2.03. The number of likely N-dealkylation sites (tertiary alicyclic amines) is 1. The first-order valence-electron chi connectivity index (χ1n) is 6.89. The smallest absolute Gasteiger partial charge is 0.0686 e. The molecule has 0 radical (unpaired) electrons. The predicted octanol–water partition coefficient (Wildman–Crippen LogP) is 3.57. The molecule has 1 aliphatic heterocycles. The summed E-state index contributed by atoms with van der Waals surface area (Å²) >= 11 is 7.07. The van der Waals surface area contributed by atoms with Gasteiger partial charge in [-0.05, 0) is 77.3 Å². The molecule has 1 unspecified atom stereocenters. The van der Waals surface area contributed by atoms with Gasteiger partial charge in [-0.15, -0.1) is 0 Å². The van der Waals surface area contributed by atoms with E-state index in [1.54, 1.807) is 0 Å². The molecule has 0 aliphatic carbocycles. The van der Waals surface area contributed by atoms with E-state index >= 15 is 0 Å². The van der Waals surface area contributed by atoms with Gasteiger partial charge in [0.15, 0.2) is 0 Å². The first-order chi connectivity index (χ1) is 9.20. The van der Waals surface area contributed by atoms with E-state index in [1.165, 1.54) is 32.2 Å². The lowest BCUT2D eigenvalue weighted by atomic mass is 9.99. The Morgan fingerprint density at radius 1 is 1.42 bits per heavy atom. The molecule has 5 heteroatoms. The van der Waals surface area contributed by atoms with Crippen molar-refractivity contribution in [3.8, 4) is 0 Å². The van der Waals surface area contributed by atoms with Crippen LogP contribution in [0.2, 0.25) is 0 Å². The lowest BCUT2D eigenvalue weighted by Gasteiger charge is -2.35. The number of pyridine rings is 1. The minimum Gasteiger partial charge on any atom is -0.320 e. The predicted molar refractivity (Wildman–Crippen MR) is 86.2 cm³/mol. The van der Waals surface area contributed by atoms with Crippen LogP contribution in [0, 0.1) is 0 Å². The van der Waals surface area contributed by atoms with E-state index in [0.717, 1.165) is 27.7 Å². The Kier molecular flexibility index (Phi) is 6.26. The average molecular weight is 391 g/mol. The van der Waals surface area contributed by atoms with E-state index in [-0.39, 0.29) is 0 Å². The molecule has 1 aliphatic rings. The summed E-state index contributed by atoms with van der Waals surface area (Å²) in [5.74, 6) is 0. The van der Waals surface area contributed by atoms with Crippen LogP contribution in [0.1, 0.15) is 31.4 Å². The Morgan fingerprint density at radius 3 is 3.00 bits per heavy atom. The molecular formula is C14H21Br2N3. The number of hydrogen-bond acceptors (Lipinski definition) is 3. The maximum Gasteiger partial charge on any atom is 0.0686 e. The average Bonchev–Trinajstić information content (AvgIpc) is 2.41. The second-order valence-corrected chi connectivity index (χ2v) is 6.86. The molecule has 0 amide bonds. The van der Waals surface area contributed by atoms with Crippen molar-refractivity contribution in [1.82, 2.24) is 15.2 Å². The number of rotatable bonds is 5. The van der Waals surface area contributed by atoms with Gasteiger partial charge in [0.05, 0.1) is 5.69 Å². The molecule has 1 saturated heterocycles. The minimum absolute atomic E-state index is 0.693. The summed E-state index contributed by atoms with van der Waals surface area (Å²) in [6.45, 7) is 3.23. The van der Waals surface area contributed by atoms with Crippen LogP contribution in [-0.2, 0) is 6.54 Å². The molecule has 1 aromatic heterocycles. The first kappa shape index (κ1) is 15.4. The second-order valence-electron chi connectivity index (χ2n) is 5.09. The molecule has 1 N–H and O–H groups in total. The summed E-state index contributed by atoms with van der Waals surface area (Å²) in [4.78, 5) is 7.12. The minimum atomic E-state index is 0.693. The van der Waals surface area contributed by atoms with Crippen LogP contribution in [0.4, 0.5) is 0 Å². The third kappa shape index (κ3) is 4.52. The zero-order valence-corrected chi connectivity index (χ0v) is 14.5. The number of nitrogens with one attached hydrogen (secondary N) is 1. The van der Waals surface area contributed by atoms with E-state index < -0.39 is 0 Å². The van der Waals surface area contributed by atoms with Crippen LogP contribution >= 0.6 is 31.9 Å². The van der Waals surface area contributed by atoms with Crippen LogP contribution in [0.25, 0.3) is 0 Å². The maximum absolute atomic E-state index is 4.54. The molecule has 1 fully saturated rings. The lowest BCUT2D eigenvalue weighted by molar-refractivity contribution is 0.130. The lowest BCUT2D eigenvalue weighted by Crippen LogP contribution is -2.40. The summed E-state index contributed by atoms with van der Waals surface area (Å²) in [6.07, 6.45) is 7.09. The van der Waals surface area contributed by atoms with E-state index in [0.29, 0.717) is 6.04 Å². The van der Waals surface area contributed by atoms with Crippen molar-refractivity contribution in [2.45, 2.75) is 38.3 Å². The van der Waals surface area contributed by atoms with Crippen LogP contribution < -0.4 is 5.32 Å². The van der Waals surface area contributed by atoms with Gasteiger partial charge in [0.2, 0.25) is 0 Å². The SMILES string of the molecule is CNCCC1CCCCN1Cc1ncc(Br)cc1Br. The first-order valence-corrected chi connectivity index (χ1v) is 8.48. The molecule has 0 aromatic carbocycles. The van der Waals surface area contributed by atoms with Gasteiger partial charge in [-0.25, -0.2) is 0 Å². The standard InChI is InChI=1S/C14H21Br2N3/c1-17-6-5-12-4-2-3-7-19(12)10-14-13(16)8-11(15)9-18-14/h8-9,12,17H,2-7,10H2,1H3. The van der Waals surface area contributed by atoms with Crippen molar-refractivity contribution in [3.63, 3.8) is 0 Å². The van der Waals surface area contributed by atoms with Gasteiger partial charge in [-0.1, -0.05) is 6.42 Å². The maximum atomic E-state index is 4.54. The zero-order chi connectivity index (χ0) is 13.7. The Hall–Kier alpha value is 0.0300. The molecule has 0 bridgehead atoms. The Bertz CT molecular complexity index is 412. The summed E-state index contributed by atoms with van der Waals surface area (Å²) in [6, 6.07) is 2.77. The highest BCUT2D eigenvalue weighted by molar-refractivity contribution is 9.11. The van der Waals surface area contributed by atoms with Gasteiger partial charge >= 0.3 is 0 Å². The van der Waals surface area contributed by atoms with Crippen LogP contribution in [0.15, 0.2) is 21.2 Å². The second kappa shape index (κ2) is 7.72. The van der Waals surface area contributed by atoms with Crippen LogP contribution in [0.5, 0.6) is 0 Å². The highest BCUT2D eigenvalue weighted by Gasteiger charge is 2.22. The third-order valence-corrected chi connectivity index (χ3v) is 4.83. The van der Waals surface area contributed by atoms with Crippen molar-refractivity contribution >= 4 is 31.9 Å². The number of halogens is 2. The molecule has 2 heterocycles. The highest BCUT2D eigenvalue weighted by Crippen LogP contribution is 2.25. The van der Waals surface area contributed by atoms with Crippen LogP contribution in [0.3, 0.4) is 0 Å². The highest BCUT2D eigenvalue weighted by atomic mass is 79.9. The largest absolute Gasteiger partial charge is 0.320 e. The topological polar surface area (TPSA) is 28.2 Å². The Labute approximate surface area is 132 Å². The summed E-state index contributed by atoms with van der Waals surface area (Å²) in [5, 5.41) is 3.26. The molecule has 0 spiro atoms. The Morgan fingerprint density at radius 2 is 2.26 bits per heavy atom. The van der Waals surface area contributed by atoms with Gasteiger partial charge in [0.25, 0.3) is 0 Å². The molecule has 0 saturated carbocycles. The summed E-state index contributed by atoms with van der Waals surface area (Å²) in [5.41, 5.74) is 1.14. The van der Waals surface area contributed by atoms with E-state index in [2.05, 4.69) is 53.1 Å². The van der Waals surface area contributed by atoms with Crippen molar-refractivity contribution in [1.29, 1.82) is 0 Å². The fourth-order valence-corrected chi connectivity index (χ4v) is 3.77. The Balaban J connectivity index is 2.02. The molecule has 1 atom stereocenters. The molecule has 2 rings (SSSR count). The number of hydrogen-bond donors (Lipinski definition) is 1. The fraction of sp³-hybridized carbons (Fsp3) is 0.643. The van der Waals surface area contributed by atoms with Crippen LogP contribution in [-0.4, -0.2) is 36.1 Å². The van der Waals surface area contributed by atoms with E-state index in [4.69, 9.17) is 0 Å². The quantitative estimate of drug-likeness (QED) is 0.832. The monoisotopic (exact) mass is 389 g/mol. The molecule has 19 heavy (non-hydrogen) atoms. The molecule has 1 aromatic rings. The van der Waals surface area contributed by atoms with Gasteiger partial charge in [-0.3, -0.25) is 9.88 Å². The van der Waals surface area contributed by atoms with E-state index in [1.807, 2.05) is 13.2 Å². The number of piperidine rings is 1. The van der Waals surface area contributed by atoms with E-state index in [9.17, 15) is 0 Å². The molecule has 106 valence electrons. The zero-order valence-electron chi connectivity index (χ0n) is 11.3. The van der Waals surface area contributed by atoms with Gasteiger partial charge in [0.1, 0.15) is 0 Å². The van der Waals surface area contributed by atoms with Crippen molar-refractivity contribution < 1.29 is 0 Å². The number of aromatic nitrogens is 1. The summed E-state index contributed by atoms with van der Waals surface area (Å²) < 4.78 is 2.12. The van der Waals surface area contributed by atoms with Crippen molar-refractivity contribution in [3.05, 3.63) is 26.9 Å². The van der Waals surface area contributed by atoms with Gasteiger partial charge in [0, 0.05) is 27.7 Å². The molecule has 3 nitrogen and oxygen atoms in total. The normalized spacial score (nSPS) is 20.7. The van der Waals surface area contributed by atoms with Crippen molar-refractivity contribution in [2.75, 3.05) is 20.1 Å². The van der Waals surface area contributed by atoms with Gasteiger partial charge in [-0.2, -0.15) is 0 Å². The number of nitrogens with zero attached hydrogens (tertiary/aromatic N) is 2.